The third-order valence-corrected chi connectivity index (χ3v) is 10.2. The van der Waals surface area contributed by atoms with Crippen LogP contribution in [0.1, 0.15) is 0 Å². The molecule has 0 N–H and O–H groups in total. The van der Waals surface area contributed by atoms with Gasteiger partial charge in [0.05, 0.1) is 27.8 Å². The van der Waals surface area contributed by atoms with Gasteiger partial charge in [-0.05, 0) is 81.6 Å². The molecule has 0 atom stereocenters. The molecule has 0 bridgehead atoms. The minimum absolute atomic E-state index is 1.19. The fraction of sp³-hybridized carbons (Fsp3) is 0. The van der Waals surface area contributed by atoms with E-state index in [1.54, 1.807) is 0 Å². The van der Waals surface area contributed by atoms with Gasteiger partial charge in [0.1, 0.15) is 0 Å². The van der Waals surface area contributed by atoms with Crippen molar-refractivity contribution in [2.24, 2.45) is 0 Å². The summed E-state index contributed by atoms with van der Waals surface area (Å²) >= 11 is 0. The molecule has 0 saturated carbocycles. The number of fused-ring (bicyclic) bond motifs is 2. The number of rotatable bonds is 3. The molecule has 0 fully saturated rings. The molecule has 1 aliphatic carbocycles. The molecule has 2 heteroatoms. The van der Waals surface area contributed by atoms with Crippen LogP contribution < -0.4 is 0 Å². The van der Waals surface area contributed by atoms with Crippen molar-refractivity contribution in [1.82, 2.24) is 9.13 Å². The number of para-hydroxylation sites is 1. The Morgan fingerprint density at radius 3 is 1.65 bits per heavy atom. The van der Waals surface area contributed by atoms with Crippen LogP contribution in [0.4, 0.5) is 0 Å². The summed E-state index contributed by atoms with van der Waals surface area (Å²) in [6, 6.07) is 58.1. The summed E-state index contributed by atoms with van der Waals surface area (Å²) in [7, 11) is 0. The number of aromatic nitrogens is 2. The predicted octanol–water partition coefficient (Wildman–Crippen LogP) is 11.8. The van der Waals surface area contributed by atoms with E-state index >= 15 is 0 Å². The van der Waals surface area contributed by atoms with Gasteiger partial charge in [-0.15, -0.1) is 0 Å². The zero-order chi connectivity index (χ0) is 29.9. The van der Waals surface area contributed by atoms with Crippen LogP contribution in [0.25, 0.3) is 98.8 Å². The normalized spacial score (nSPS) is 12.3. The molecule has 46 heavy (non-hydrogen) atoms. The average molecular weight is 583 g/mol. The zero-order valence-corrected chi connectivity index (χ0v) is 24.9. The van der Waals surface area contributed by atoms with E-state index in [4.69, 9.17) is 0 Å². The summed E-state index contributed by atoms with van der Waals surface area (Å²) < 4.78 is 4.96. The standard InChI is InChI=1S/C44H26N2/c1-3-10-27(11-4-1)29-20-23-32-30(26-29)12-7-17-35(32)46-37-19-9-16-34-33-15-8-18-36-41(33)43-38(45(36)31-13-5-2-6-14-31)24-21-28-22-25-39(46)44(40(28)43)42(34)37/h1-26H. The fourth-order valence-electron chi connectivity index (χ4n) is 8.35. The summed E-state index contributed by atoms with van der Waals surface area (Å²) in [5.41, 5.74) is 12.5. The van der Waals surface area contributed by atoms with Crippen LogP contribution in [-0.4, -0.2) is 9.13 Å². The first-order valence-electron chi connectivity index (χ1n) is 16.0. The highest BCUT2D eigenvalue weighted by atomic mass is 15.0. The van der Waals surface area contributed by atoms with Gasteiger partial charge >= 0.3 is 0 Å². The highest BCUT2D eigenvalue weighted by molar-refractivity contribution is 6.38. The van der Waals surface area contributed by atoms with Gasteiger partial charge in [0.25, 0.3) is 0 Å². The fourth-order valence-corrected chi connectivity index (χ4v) is 8.35. The first-order valence-corrected chi connectivity index (χ1v) is 16.0. The quantitative estimate of drug-likeness (QED) is 0.196. The van der Waals surface area contributed by atoms with E-state index in [2.05, 4.69) is 167 Å². The first-order chi connectivity index (χ1) is 22.8. The molecule has 11 rings (SSSR count). The van der Waals surface area contributed by atoms with Crippen LogP contribution in [0, 0.1) is 0 Å². The first kappa shape index (κ1) is 24.2. The number of nitrogens with zero attached hydrogens (tertiary/aromatic N) is 2. The molecule has 10 aromatic rings. The van der Waals surface area contributed by atoms with E-state index in [-0.39, 0.29) is 0 Å². The molecule has 212 valence electrons. The van der Waals surface area contributed by atoms with Crippen LogP contribution in [0.5, 0.6) is 0 Å². The summed E-state index contributed by atoms with van der Waals surface area (Å²) in [5.74, 6) is 0. The van der Waals surface area contributed by atoms with Crippen LogP contribution in [0.15, 0.2) is 158 Å². The molecule has 0 saturated heterocycles. The molecular formula is C44H26N2. The largest absolute Gasteiger partial charge is 0.309 e. The smallest absolute Gasteiger partial charge is 0.0548 e. The number of benzene rings is 8. The summed E-state index contributed by atoms with van der Waals surface area (Å²) in [6.45, 7) is 0. The van der Waals surface area contributed by atoms with Crippen molar-refractivity contribution < 1.29 is 0 Å². The molecule has 2 nitrogen and oxygen atoms in total. The van der Waals surface area contributed by atoms with Crippen molar-refractivity contribution >= 4 is 65.2 Å². The third-order valence-electron chi connectivity index (χ3n) is 10.2. The zero-order valence-electron chi connectivity index (χ0n) is 24.9. The Balaban J connectivity index is 1.31. The van der Waals surface area contributed by atoms with Gasteiger partial charge in [0, 0.05) is 38.0 Å². The Kier molecular flexibility index (Phi) is 4.61. The number of hydrogen-bond donors (Lipinski definition) is 0. The van der Waals surface area contributed by atoms with Gasteiger partial charge in [-0.3, -0.25) is 0 Å². The second-order valence-electron chi connectivity index (χ2n) is 12.5. The van der Waals surface area contributed by atoms with Gasteiger partial charge in [0.15, 0.2) is 0 Å². The lowest BCUT2D eigenvalue weighted by Gasteiger charge is -2.14. The topological polar surface area (TPSA) is 9.86 Å². The van der Waals surface area contributed by atoms with Crippen LogP contribution in [0.2, 0.25) is 0 Å². The van der Waals surface area contributed by atoms with E-state index in [9.17, 15) is 0 Å². The highest BCUT2D eigenvalue weighted by Crippen LogP contribution is 2.51. The van der Waals surface area contributed by atoms with Gasteiger partial charge in [-0.2, -0.15) is 0 Å². The molecular weight excluding hydrogens is 556 g/mol. The van der Waals surface area contributed by atoms with E-state index in [0.29, 0.717) is 0 Å². The van der Waals surface area contributed by atoms with Crippen molar-refractivity contribution in [3.8, 4) is 33.6 Å². The Hall–Kier alpha value is -6.12. The minimum atomic E-state index is 1.19. The molecule has 2 aromatic heterocycles. The van der Waals surface area contributed by atoms with Gasteiger partial charge < -0.3 is 9.13 Å². The number of hydrogen-bond acceptors (Lipinski definition) is 0. The summed E-state index contributed by atoms with van der Waals surface area (Å²) in [4.78, 5) is 0. The van der Waals surface area contributed by atoms with Crippen LogP contribution in [-0.2, 0) is 0 Å². The maximum atomic E-state index is 2.51. The van der Waals surface area contributed by atoms with E-state index in [1.165, 1.54) is 98.8 Å². The molecule has 0 unspecified atom stereocenters. The van der Waals surface area contributed by atoms with E-state index in [1.807, 2.05) is 0 Å². The summed E-state index contributed by atoms with van der Waals surface area (Å²) in [6.07, 6.45) is 0. The van der Waals surface area contributed by atoms with Crippen molar-refractivity contribution in [1.29, 1.82) is 0 Å². The lowest BCUT2D eigenvalue weighted by Crippen LogP contribution is -1.96. The molecule has 0 radical (unpaired) electrons. The Morgan fingerprint density at radius 2 is 0.935 bits per heavy atom. The van der Waals surface area contributed by atoms with Crippen LogP contribution in [0.3, 0.4) is 0 Å². The molecule has 2 heterocycles. The molecule has 0 amide bonds. The Morgan fingerprint density at radius 1 is 0.326 bits per heavy atom. The third kappa shape index (κ3) is 3.01. The van der Waals surface area contributed by atoms with E-state index in [0.717, 1.165) is 0 Å². The molecule has 8 aromatic carbocycles. The Bertz CT molecular complexity index is 2890. The maximum absolute atomic E-state index is 2.51. The van der Waals surface area contributed by atoms with E-state index < -0.39 is 0 Å². The van der Waals surface area contributed by atoms with Crippen LogP contribution >= 0.6 is 0 Å². The van der Waals surface area contributed by atoms with Crippen molar-refractivity contribution in [3.05, 3.63) is 158 Å². The highest BCUT2D eigenvalue weighted by Gasteiger charge is 2.27. The van der Waals surface area contributed by atoms with Crippen molar-refractivity contribution in [2.45, 2.75) is 0 Å². The average Bonchev–Trinajstić information content (AvgIpc) is 3.60. The lowest BCUT2D eigenvalue weighted by molar-refractivity contribution is 1.18. The van der Waals surface area contributed by atoms with Gasteiger partial charge in [-0.1, -0.05) is 109 Å². The molecule has 0 aliphatic heterocycles. The van der Waals surface area contributed by atoms with Crippen molar-refractivity contribution in [3.63, 3.8) is 0 Å². The second-order valence-corrected chi connectivity index (χ2v) is 12.5. The van der Waals surface area contributed by atoms with Crippen molar-refractivity contribution in [2.75, 3.05) is 0 Å². The van der Waals surface area contributed by atoms with Gasteiger partial charge in [0.2, 0.25) is 0 Å². The molecule has 0 spiro atoms. The molecule has 1 aliphatic rings. The second kappa shape index (κ2) is 8.74. The Labute approximate surface area is 265 Å². The predicted molar refractivity (Wildman–Crippen MR) is 195 cm³/mol. The monoisotopic (exact) mass is 582 g/mol. The lowest BCUT2D eigenvalue weighted by atomic mass is 9.98. The summed E-state index contributed by atoms with van der Waals surface area (Å²) in [5, 5.41) is 10.5. The maximum Gasteiger partial charge on any atom is 0.0548 e. The minimum Gasteiger partial charge on any atom is -0.309 e. The SMILES string of the molecule is c1ccc(-c2ccc3c(-n4c5cccc6c5c5c7c(ccc8c7c7c-6cccc7n8-c6ccccc6)ccc54)cccc3c2)cc1. The van der Waals surface area contributed by atoms with Gasteiger partial charge in [-0.25, -0.2) is 0 Å².